The molecule has 0 radical (unpaired) electrons. The van der Waals surface area contributed by atoms with Gasteiger partial charge >= 0.3 is 5.97 Å². The number of carbonyl (C=O) groups is 1. The fraction of sp³-hybridized carbons (Fsp3) is 0.917. The summed E-state index contributed by atoms with van der Waals surface area (Å²) in [5.41, 5.74) is 4.95. The molecule has 0 saturated heterocycles. The van der Waals surface area contributed by atoms with Crippen molar-refractivity contribution < 1.29 is 19.0 Å². The highest BCUT2D eigenvalue weighted by Gasteiger charge is 2.31. The number of nitrogens with zero attached hydrogens (tertiary/aromatic N) is 1. The van der Waals surface area contributed by atoms with E-state index < -0.39 is 11.5 Å². The Hall–Kier alpha value is -0.690. The minimum atomic E-state index is -1.00. The van der Waals surface area contributed by atoms with Gasteiger partial charge in [-0.2, -0.15) is 0 Å². The first kappa shape index (κ1) is 17.3. The van der Waals surface area contributed by atoms with Crippen LogP contribution in [-0.4, -0.2) is 70.6 Å². The fourth-order valence-corrected chi connectivity index (χ4v) is 1.69. The predicted octanol–water partition coefficient (Wildman–Crippen LogP) is -0.138. The second-order valence-electron chi connectivity index (χ2n) is 4.52. The molecular weight excluding hydrogens is 236 g/mol. The average Bonchev–Trinajstić information content (AvgIpc) is 2.34. The standard InChI is InChI=1S/C12H26N2O4/c1-12(13,11(15)18-4)10-14(7-9-17-3)6-5-8-16-2/h5-10,13H2,1-4H3. The van der Waals surface area contributed by atoms with Crippen molar-refractivity contribution in [2.45, 2.75) is 18.9 Å². The van der Waals surface area contributed by atoms with Gasteiger partial charge < -0.3 is 19.9 Å². The van der Waals surface area contributed by atoms with Gasteiger partial charge in [0.2, 0.25) is 0 Å². The first-order valence-corrected chi connectivity index (χ1v) is 6.05. The largest absolute Gasteiger partial charge is 0.468 e. The van der Waals surface area contributed by atoms with E-state index in [1.165, 1.54) is 7.11 Å². The molecule has 0 aliphatic carbocycles. The van der Waals surface area contributed by atoms with Crippen LogP contribution in [0, 0.1) is 0 Å². The van der Waals surface area contributed by atoms with Crippen LogP contribution in [0.1, 0.15) is 13.3 Å². The first-order valence-electron chi connectivity index (χ1n) is 6.05. The molecule has 1 unspecified atom stereocenters. The predicted molar refractivity (Wildman–Crippen MR) is 69.4 cm³/mol. The van der Waals surface area contributed by atoms with Crippen LogP contribution >= 0.6 is 0 Å². The van der Waals surface area contributed by atoms with E-state index in [4.69, 9.17) is 19.9 Å². The van der Waals surface area contributed by atoms with Crippen LogP contribution in [0.15, 0.2) is 0 Å². The number of esters is 1. The average molecular weight is 262 g/mol. The zero-order valence-corrected chi connectivity index (χ0v) is 11.9. The molecule has 0 spiro atoms. The van der Waals surface area contributed by atoms with Crippen LogP contribution in [0.4, 0.5) is 0 Å². The maximum absolute atomic E-state index is 11.5. The van der Waals surface area contributed by atoms with Crippen LogP contribution in [0.5, 0.6) is 0 Å². The number of hydrogen-bond acceptors (Lipinski definition) is 6. The molecule has 0 saturated carbocycles. The van der Waals surface area contributed by atoms with Crippen molar-refractivity contribution in [1.29, 1.82) is 0 Å². The van der Waals surface area contributed by atoms with Gasteiger partial charge in [0.1, 0.15) is 5.54 Å². The van der Waals surface area contributed by atoms with Crippen molar-refractivity contribution in [2.24, 2.45) is 5.73 Å². The van der Waals surface area contributed by atoms with Gasteiger partial charge in [0.15, 0.2) is 0 Å². The summed E-state index contributed by atoms with van der Waals surface area (Å²) >= 11 is 0. The van der Waals surface area contributed by atoms with E-state index in [0.717, 1.165) is 19.5 Å². The highest BCUT2D eigenvalue weighted by Crippen LogP contribution is 2.06. The van der Waals surface area contributed by atoms with Crippen LogP contribution in [0.25, 0.3) is 0 Å². The van der Waals surface area contributed by atoms with E-state index in [1.807, 2.05) is 0 Å². The first-order chi connectivity index (χ1) is 8.47. The van der Waals surface area contributed by atoms with E-state index in [-0.39, 0.29) is 0 Å². The Kier molecular flexibility index (Phi) is 8.91. The minimum Gasteiger partial charge on any atom is -0.468 e. The van der Waals surface area contributed by atoms with Crippen LogP contribution < -0.4 is 5.73 Å². The third-order valence-electron chi connectivity index (χ3n) is 2.64. The van der Waals surface area contributed by atoms with Crippen molar-refractivity contribution in [3.8, 4) is 0 Å². The summed E-state index contributed by atoms with van der Waals surface area (Å²) in [7, 11) is 4.66. The van der Waals surface area contributed by atoms with Crippen LogP contribution in [-0.2, 0) is 19.0 Å². The molecular formula is C12H26N2O4. The van der Waals surface area contributed by atoms with E-state index in [0.29, 0.717) is 19.8 Å². The molecule has 0 aliphatic heterocycles. The Labute approximate surface area is 109 Å². The van der Waals surface area contributed by atoms with Gasteiger partial charge in [-0.25, -0.2) is 0 Å². The maximum atomic E-state index is 11.5. The molecule has 2 N–H and O–H groups in total. The number of hydrogen-bond donors (Lipinski definition) is 1. The van der Waals surface area contributed by atoms with Gasteiger partial charge in [-0.3, -0.25) is 9.69 Å². The Balaban J connectivity index is 4.31. The third-order valence-corrected chi connectivity index (χ3v) is 2.64. The third kappa shape index (κ3) is 6.90. The summed E-state index contributed by atoms with van der Waals surface area (Å²) < 4.78 is 14.8. The molecule has 18 heavy (non-hydrogen) atoms. The van der Waals surface area contributed by atoms with Crippen molar-refractivity contribution in [1.82, 2.24) is 4.90 Å². The molecule has 6 heteroatoms. The lowest BCUT2D eigenvalue weighted by Crippen LogP contribution is -2.55. The summed E-state index contributed by atoms with van der Waals surface area (Å²) in [5.74, 6) is -0.406. The van der Waals surface area contributed by atoms with Crippen molar-refractivity contribution in [3.63, 3.8) is 0 Å². The molecule has 0 heterocycles. The fourth-order valence-electron chi connectivity index (χ4n) is 1.69. The molecule has 0 aromatic heterocycles. The molecule has 0 aromatic rings. The van der Waals surface area contributed by atoms with Gasteiger partial charge in [0.25, 0.3) is 0 Å². The lowest BCUT2D eigenvalue weighted by atomic mass is 10.0. The molecule has 6 nitrogen and oxygen atoms in total. The van der Waals surface area contributed by atoms with Gasteiger partial charge in [-0.1, -0.05) is 0 Å². The number of carbonyl (C=O) groups excluding carboxylic acids is 1. The van der Waals surface area contributed by atoms with Gasteiger partial charge in [0, 0.05) is 40.5 Å². The van der Waals surface area contributed by atoms with Crippen molar-refractivity contribution >= 4 is 5.97 Å². The maximum Gasteiger partial charge on any atom is 0.326 e. The van der Waals surface area contributed by atoms with Gasteiger partial charge in [0.05, 0.1) is 13.7 Å². The van der Waals surface area contributed by atoms with Gasteiger partial charge in [-0.05, 0) is 13.3 Å². The van der Waals surface area contributed by atoms with E-state index in [9.17, 15) is 4.79 Å². The topological polar surface area (TPSA) is 74.0 Å². The second-order valence-corrected chi connectivity index (χ2v) is 4.52. The number of ether oxygens (including phenoxy) is 3. The number of nitrogens with two attached hydrogens (primary N) is 1. The van der Waals surface area contributed by atoms with Crippen LogP contribution in [0.2, 0.25) is 0 Å². The highest BCUT2D eigenvalue weighted by molar-refractivity contribution is 5.80. The molecule has 0 rings (SSSR count). The molecule has 0 bridgehead atoms. The summed E-state index contributed by atoms with van der Waals surface area (Å²) in [4.78, 5) is 13.6. The van der Waals surface area contributed by atoms with Gasteiger partial charge in [-0.15, -0.1) is 0 Å². The van der Waals surface area contributed by atoms with E-state index in [2.05, 4.69) is 4.90 Å². The summed E-state index contributed by atoms with van der Waals surface area (Å²) in [6, 6.07) is 0. The zero-order valence-electron chi connectivity index (χ0n) is 11.9. The number of methoxy groups -OCH3 is 3. The summed E-state index contributed by atoms with van der Waals surface area (Å²) in [6.07, 6.45) is 0.886. The quantitative estimate of drug-likeness (QED) is 0.436. The second kappa shape index (κ2) is 9.27. The highest BCUT2D eigenvalue weighted by atomic mass is 16.5. The molecule has 0 aromatic carbocycles. The van der Waals surface area contributed by atoms with Crippen LogP contribution in [0.3, 0.4) is 0 Å². The SMILES string of the molecule is COCCCN(CCOC)CC(C)(N)C(=O)OC. The lowest BCUT2D eigenvalue weighted by Gasteiger charge is -2.30. The summed E-state index contributed by atoms with van der Waals surface area (Å²) in [5, 5.41) is 0. The molecule has 0 aliphatic rings. The molecule has 1 atom stereocenters. The molecule has 0 amide bonds. The van der Waals surface area contributed by atoms with E-state index >= 15 is 0 Å². The Morgan fingerprint density at radius 1 is 1.17 bits per heavy atom. The smallest absolute Gasteiger partial charge is 0.326 e. The zero-order chi connectivity index (χ0) is 14.0. The van der Waals surface area contributed by atoms with Crippen molar-refractivity contribution in [3.05, 3.63) is 0 Å². The monoisotopic (exact) mass is 262 g/mol. The molecule has 0 fully saturated rings. The Bertz CT molecular complexity index is 234. The lowest BCUT2D eigenvalue weighted by molar-refractivity contribution is -0.147. The minimum absolute atomic E-state index is 0.406. The van der Waals surface area contributed by atoms with Crippen molar-refractivity contribution in [2.75, 3.05) is 54.2 Å². The normalized spacial score (nSPS) is 14.6. The summed E-state index contributed by atoms with van der Waals surface area (Å²) in [6.45, 7) is 4.93. The Morgan fingerprint density at radius 3 is 2.28 bits per heavy atom. The Morgan fingerprint density at radius 2 is 1.78 bits per heavy atom. The molecule has 108 valence electrons. The number of rotatable bonds is 10. The van der Waals surface area contributed by atoms with E-state index in [1.54, 1.807) is 21.1 Å².